The van der Waals surface area contributed by atoms with Gasteiger partial charge in [0.2, 0.25) is 0 Å². The maximum absolute atomic E-state index is 6.27. The zero-order valence-corrected chi connectivity index (χ0v) is 12.4. The van der Waals surface area contributed by atoms with Crippen LogP contribution in [-0.4, -0.2) is 25.8 Å². The van der Waals surface area contributed by atoms with Crippen molar-refractivity contribution in [3.63, 3.8) is 0 Å². The van der Waals surface area contributed by atoms with E-state index in [9.17, 15) is 0 Å². The van der Waals surface area contributed by atoms with Crippen LogP contribution in [0.4, 0.5) is 0 Å². The Bertz CT molecular complexity index is 582. The fourth-order valence-corrected chi connectivity index (χ4v) is 3.74. The minimum Gasteiger partial charge on any atom is -0.310 e. The number of rotatable bonds is 2. The maximum atomic E-state index is 6.27. The first-order valence-corrected chi connectivity index (χ1v) is 8.01. The van der Waals surface area contributed by atoms with Crippen LogP contribution in [0.3, 0.4) is 0 Å². The molecule has 5 heteroatoms. The van der Waals surface area contributed by atoms with Crippen molar-refractivity contribution in [1.29, 1.82) is 0 Å². The van der Waals surface area contributed by atoms with Crippen LogP contribution >= 0.6 is 23.4 Å². The van der Waals surface area contributed by atoms with Crippen molar-refractivity contribution in [2.45, 2.75) is 31.6 Å². The lowest BCUT2D eigenvalue weighted by Gasteiger charge is -2.08. The molecule has 0 amide bonds. The lowest BCUT2D eigenvalue weighted by molar-refractivity contribution is 0.699. The van der Waals surface area contributed by atoms with Crippen molar-refractivity contribution in [3.8, 4) is 11.4 Å². The van der Waals surface area contributed by atoms with Gasteiger partial charge in [0.25, 0.3) is 0 Å². The summed E-state index contributed by atoms with van der Waals surface area (Å²) < 4.78 is 2.23. The van der Waals surface area contributed by atoms with Gasteiger partial charge in [0.15, 0.2) is 5.82 Å². The highest BCUT2D eigenvalue weighted by atomic mass is 35.5. The first kappa shape index (κ1) is 13.0. The van der Waals surface area contributed by atoms with E-state index in [4.69, 9.17) is 11.6 Å². The third-order valence-corrected chi connectivity index (χ3v) is 5.20. The molecule has 1 aliphatic rings. The van der Waals surface area contributed by atoms with Gasteiger partial charge < -0.3 is 4.57 Å². The van der Waals surface area contributed by atoms with Crippen LogP contribution in [0.15, 0.2) is 24.3 Å². The van der Waals surface area contributed by atoms with E-state index in [0.717, 1.165) is 41.0 Å². The Labute approximate surface area is 122 Å². The normalized spacial score (nSPS) is 18.9. The molecule has 1 unspecified atom stereocenters. The molecule has 19 heavy (non-hydrogen) atoms. The smallest absolute Gasteiger partial charge is 0.165 e. The fraction of sp³-hybridized carbons (Fsp3) is 0.429. The summed E-state index contributed by atoms with van der Waals surface area (Å²) in [5, 5.41) is 10.1. The van der Waals surface area contributed by atoms with Gasteiger partial charge in [0, 0.05) is 29.5 Å². The third-order valence-electron chi connectivity index (χ3n) is 3.48. The van der Waals surface area contributed by atoms with Crippen molar-refractivity contribution in [2.24, 2.45) is 0 Å². The second-order valence-electron chi connectivity index (χ2n) is 4.68. The molecular weight excluding hydrogens is 278 g/mol. The monoisotopic (exact) mass is 293 g/mol. The van der Waals surface area contributed by atoms with E-state index in [1.165, 1.54) is 6.42 Å². The van der Waals surface area contributed by atoms with E-state index in [-0.39, 0.29) is 0 Å². The lowest BCUT2D eigenvalue weighted by atomic mass is 10.2. The molecular formula is C14H16ClN3S. The maximum Gasteiger partial charge on any atom is 0.165 e. The zero-order valence-electron chi connectivity index (χ0n) is 10.8. The molecule has 0 N–H and O–H groups in total. The quantitative estimate of drug-likeness (QED) is 0.846. The summed E-state index contributed by atoms with van der Waals surface area (Å²) in [6.07, 6.45) is 2.18. The molecule has 0 saturated heterocycles. The first-order valence-electron chi connectivity index (χ1n) is 6.58. The molecule has 0 saturated carbocycles. The molecule has 3 rings (SSSR count). The molecule has 3 nitrogen and oxygen atoms in total. The van der Waals surface area contributed by atoms with Crippen LogP contribution < -0.4 is 0 Å². The summed E-state index contributed by atoms with van der Waals surface area (Å²) in [4.78, 5) is 0. The highest BCUT2D eigenvalue weighted by molar-refractivity contribution is 7.99. The van der Waals surface area contributed by atoms with E-state index >= 15 is 0 Å². The molecule has 2 heterocycles. The van der Waals surface area contributed by atoms with Gasteiger partial charge in [0.05, 0.1) is 5.02 Å². The Hall–Kier alpha value is -1.000. The van der Waals surface area contributed by atoms with E-state index in [1.54, 1.807) is 0 Å². The SMILES string of the molecule is CCC1Cc2nnc(-c3ccccc3Cl)n2CCS1. The predicted octanol–water partition coefficient (Wildman–Crippen LogP) is 3.67. The Morgan fingerprint density at radius 2 is 2.21 bits per heavy atom. The Morgan fingerprint density at radius 1 is 1.37 bits per heavy atom. The van der Waals surface area contributed by atoms with Crippen molar-refractivity contribution in [2.75, 3.05) is 5.75 Å². The average molecular weight is 294 g/mol. The summed E-state index contributed by atoms with van der Waals surface area (Å²) in [5.41, 5.74) is 0.975. The molecule has 0 radical (unpaired) electrons. The first-order chi connectivity index (χ1) is 9.29. The second kappa shape index (κ2) is 5.55. The average Bonchev–Trinajstić information content (AvgIpc) is 2.70. The van der Waals surface area contributed by atoms with E-state index in [2.05, 4.69) is 21.7 Å². The van der Waals surface area contributed by atoms with Crippen LogP contribution in [0, 0.1) is 0 Å². The van der Waals surface area contributed by atoms with Crippen molar-refractivity contribution in [1.82, 2.24) is 14.8 Å². The number of halogens is 1. The molecule has 0 spiro atoms. The van der Waals surface area contributed by atoms with Gasteiger partial charge in [-0.15, -0.1) is 10.2 Å². The molecule has 0 aliphatic carbocycles. The second-order valence-corrected chi connectivity index (χ2v) is 6.49. The van der Waals surface area contributed by atoms with Crippen molar-refractivity contribution < 1.29 is 0 Å². The molecule has 0 bridgehead atoms. The zero-order chi connectivity index (χ0) is 13.2. The van der Waals surface area contributed by atoms with Gasteiger partial charge in [-0.3, -0.25) is 0 Å². The summed E-state index contributed by atoms with van der Waals surface area (Å²) >= 11 is 8.30. The van der Waals surface area contributed by atoms with Gasteiger partial charge in [-0.2, -0.15) is 11.8 Å². The molecule has 100 valence electrons. The van der Waals surface area contributed by atoms with Gasteiger partial charge in [0.1, 0.15) is 5.82 Å². The molecule has 0 fully saturated rings. The van der Waals surface area contributed by atoms with Crippen LogP contribution in [0.25, 0.3) is 11.4 Å². The topological polar surface area (TPSA) is 30.7 Å². The number of nitrogens with zero attached hydrogens (tertiary/aromatic N) is 3. The predicted molar refractivity (Wildman–Crippen MR) is 80.7 cm³/mol. The van der Waals surface area contributed by atoms with E-state index in [1.807, 2.05) is 36.0 Å². The molecule has 1 aliphatic heterocycles. The van der Waals surface area contributed by atoms with Crippen LogP contribution in [-0.2, 0) is 13.0 Å². The summed E-state index contributed by atoms with van der Waals surface area (Å²) in [5.74, 6) is 3.10. The highest BCUT2D eigenvalue weighted by Crippen LogP contribution is 2.30. The number of hydrogen-bond acceptors (Lipinski definition) is 3. The Kier molecular flexibility index (Phi) is 3.80. The minimum atomic E-state index is 0.657. The Balaban J connectivity index is 2.02. The molecule has 1 aromatic carbocycles. The molecule has 1 aromatic heterocycles. The lowest BCUT2D eigenvalue weighted by Crippen LogP contribution is -2.07. The summed E-state index contributed by atoms with van der Waals surface area (Å²) in [6, 6.07) is 7.84. The fourth-order valence-electron chi connectivity index (χ4n) is 2.40. The largest absolute Gasteiger partial charge is 0.310 e. The third kappa shape index (κ3) is 2.51. The van der Waals surface area contributed by atoms with Gasteiger partial charge in [-0.25, -0.2) is 0 Å². The minimum absolute atomic E-state index is 0.657. The number of hydrogen-bond donors (Lipinski definition) is 0. The van der Waals surface area contributed by atoms with E-state index < -0.39 is 0 Å². The van der Waals surface area contributed by atoms with Crippen LogP contribution in [0.5, 0.6) is 0 Å². The number of fused-ring (bicyclic) bond motifs is 1. The van der Waals surface area contributed by atoms with Gasteiger partial charge in [-0.1, -0.05) is 30.7 Å². The summed E-state index contributed by atoms with van der Waals surface area (Å²) in [6.45, 7) is 3.20. The van der Waals surface area contributed by atoms with Crippen LogP contribution in [0.2, 0.25) is 5.02 Å². The van der Waals surface area contributed by atoms with Crippen LogP contribution in [0.1, 0.15) is 19.2 Å². The van der Waals surface area contributed by atoms with Gasteiger partial charge >= 0.3 is 0 Å². The number of benzene rings is 1. The van der Waals surface area contributed by atoms with Gasteiger partial charge in [-0.05, 0) is 18.6 Å². The molecule has 1 atom stereocenters. The van der Waals surface area contributed by atoms with E-state index in [0.29, 0.717) is 5.25 Å². The number of aromatic nitrogens is 3. The standard InChI is InChI=1S/C14H16ClN3S/c1-2-10-9-13-16-17-14(18(13)7-8-19-10)11-5-3-4-6-12(11)15/h3-6,10H,2,7-9H2,1H3. The number of thioether (sulfide) groups is 1. The highest BCUT2D eigenvalue weighted by Gasteiger charge is 2.21. The Morgan fingerprint density at radius 3 is 3.00 bits per heavy atom. The summed E-state index contributed by atoms with van der Waals surface area (Å²) in [7, 11) is 0. The molecule has 2 aromatic rings. The van der Waals surface area contributed by atoms with Crippen molar-refractivity contribution >= 4 is 23.4 Å². The van der Waals surface area contributed by atoms with Crippen molar-refractivity contribution in [3.05, 3.63) is 35.1 Å².